The Kier molecular flexibility index (Phi) is 6.69. The third-order valence-electron chi connectivity index (χ3n) is 4.18. The first-order valence-electron chi connectivity index (χ1n) is 9.62. The number of aromatic nitrogens is 2. The largest absolute Gasteiger partial charge is 0.465 e. The van der Waals surface area contributed by atoms with Crippen LogP contribution < -0.4 is 0 Å². The molecular formula is C19H32N4O5. The summed E-state index contributed by atoms with van der Waals surface area (Å²) in [7, 11) is 0. The van der Waals surface area contributed by atoms with E-state index < -0.39 is 17.7 Å². The molecular weight excluding hydrogens is 364 g/mol. The minimum Gasteiger partial charge on any atom is -0.465 e. The lowest BCUT2D eigenvalue weighted by Crippen LogP contribution is -2.58. The van der Waals surface area contributed by atoms with Crippen LogP contribution in [-0.4, -0.2) is 69.9 Å². The Hall–Kier alpha value is -2.16. The molecule has 1 saturated heterocycles. The van der Waals surface area contributed by atoms with Gasteiger partial charge in [-0.15, -0.1) is 0 Å². The third kappa shape index (κ3) is 5.92. The van der Waals surface area contributed by atoms with Gasteiger partial charge in [0.2, 0.25) is 5.89 Å². The molecule has 1 amide bonds. The van der Waals surface area contributed by atoms with Gasteiger partial charge in [-0.05, 0) is 27.7 Å². The van der Waals surface area contributed by atoms with Gasteiger partial charge in [0.15, 0.2) is 5.82 Å². The first-order valence-corrected chi connectivity index (χ1v) is 9.62. The Balaban J connectivity index is 2.12. The van der Waals surface area contributed by atoms with Gasteiger partial charge in [-0.2, -0.15) is 4.98 Å². The van der Waals surface area contributed by atoms with Crippen LogP contribution in [0.1, 0.15) is 60.2 Å². The quantitative estimate of drug-likeness (QED) is 0.715. The highest BCUT2D eigenvalue weighted by atomic mass is 16.6. The lowest BCUT2D eigenvalue weighted by Gasteiger charge is -2.39. The standard InChI is InChI=1S/C19H32N4O5/c1-8-26-15(24)13-11-23(17(25)27-19(5,6)7)10-9-22(13)12-14-20-16(21-28-14)18(2,3)4/h13H,8-12H2,1-7H3. The van der Waals surface area contributed by atoms with Crippen molar-refractivity contribution in [1.82, 2.24) is 19.9 Å². The molecule has 1 unspecified atom stereocenters. The van der Waals surface area contributed by atoms with Gasteiger partial charge in [0, 0.05) is 18.5 Å². The number of hydrogen-bond acceptors (Lipinski definition) is 8. The van der Waals surface area contributed by atoms with Crippen LogP contribution in [0.4, 0.5) is 4.79 Å². The van der Waals surface area contributed by atoms with Crippen molar-refractivity contribution in [3.63, 3.8) is 0 Å². The maximum atomic E-state index is 12.5. The molecule has 0 N–H and O–H groups in total. The summed E-state index contributed by atoms with van der Waals surface area (Å²) in [5.41, 5.74) is -0.821. The average molecular weight is 396 g/mol. The van der Waals surface area contributed by atoms with Crippen LogP contribution in [0.15, 0.2) is 4.52 Å². The van der Waals surface area contributed by atoms with Crippen molar-refractivity contribution in [2.45, 2.75) is 72.1 Å². The molecule has 0 spiro atoms. The van der Waals surface area contributed by atoms with Gasteiger partial charge in [-0.25, -0.2) is 4.79 Å². The normalized spacial score (nSPS) is 18.8. The molecule has 1 fully saturated rings. The molecule has 1 aliphatic heterocycles. The lowest BCUT2D eigenvalue weighted by molar-refractivity contribution is -0.152. The van der Waals surface area contributed by atoms with Crippen molar-refractivity contribution in [3.05, 3.63) is 11.7 Å². The predicted octanol–water partition coefficient (Wildman–Crippen LogP) is 2.35. The molecule has 1 aromatic rings. The van der Waals surface area contributed by atoms with E-state index in [1.54, 1.807) is 6.92 Å². The van der Waals surface area contributed by atoms with E-state index in [9.17, 15) is 9.59 Å². The lowest BCUT2D eigenvalue weighted by atomic mass is 9.96. The van der Waals surface area contributed by atoms with E-state index in [4.69, 9.17) is 14.0 Å². The first-order chi connectivity index (χ1) is 12.9. The van der Waals surface area contributed by atoms with E-state index in [0.717, 1.165) is 0 Å². The Morgan fingerprint density at radius 3 is 2.39 bits per heavy atom. The topological polar surface area (TPSA) is 98.0 Å². The summed E-state index contributed by atoms with van der Waals surface area (Å²) in [6.07, 6.45) is -0.436. The molecule has 0 aromatic carbocycles. The fraction of sp³-hybridized carbons (Fsp3) is 0.789. The van der Waals surface area contributed by atoms with Crippen LogP contribution in [0.25, 0.3) is 0 Å². The second-order valence-corrected chi connectivity index (χ2v) is 8.93. The van der Waals surface area contributed by atoms with Gasteiger partial charge in [0.1, 0.15) is 11.6 Å². The Labute approximate surface area is 166 Å². The molecule has 158 valence electrons. The number of carbonyl (C=O) groups excluding carboxylic acids is 2. The second kappa shape index (κ2) is 8.46. The van der Waals surface area contributed by atoms with Crippen LogP contribution in [-0.2, 0) is 26.2 Å². The van der Waals surface area contributed by atoms with Gasteiger partial charge in [-0.1, -0.05) is 25.9 Å². The number of hydrogen-bond donors (Lipinski definition) is 0. The van der Waals surface area contributed by atoms with E-state index in [0.29, 0.717) is 31.3 Å². The molecule has 9 heteroatoms. The summed E-state index contributed by atoms with van der Waals surface area (Å²) in [6.45, 7) is 14.9. The zero-order valence-corrected chi connectivity index (χ0v) is 17.9. The first kappa shape index (κ1) is 22.1. The zero-order valence-electron chi connectivity index (χ0n) is 17.9. The minimum atomic E-state index is -0.619. The van der Waals surface area contributed by atoms with E-state index in [1.165, 1.54) is 4.90 Å². The predicted molar refractivity (Wildman–Crippen MR) is 102 cm³/mol. The Morgan fingerprint density at radius 2 is 1.86 bits per heavy atom. The van der Waals surface area contributed by atoms with E-state index in [-0.39, 0.29) is 24.5 Å². The van der Waals surface area contributed by atoms with Crippen molar-refractivity contribution in [2.75, 3.05) is 26.2 Å². The van der Waals surface area contributed by atoms with Crippen LogP contribution >= 0.6 is 0 Å². The molecule has 0 radical (unpaired) electrons. The number of carbonyl (C=O) groups is 2. The Bertz CT molecular complexity index is 689. The molecule has 28 heavy (non-hydrogen) atoms. The summed E-state index contributed by atoms with van der Waals surface area (Å²) in [5.74, 6) is 0.666. The number of piperazine rings is 1. The monoisotopic (exact) mass is 396 g/mol. The molecule has 2 rings (SSSR count). The van der Waals surface area contributed by atoms with Crippen molar-refractivity contribution in [3.8, 4) is 0 Å². The van der Waals surface area contributed by atoms with Crippen molar-refractivity contribution in [1.29, 1.82) is 0 Å². The highest BCUT2D eigenvalue weighted by molar-refractivity contribution is 5.78. The number of rotatable bonds is 4. The fourth-order valence-electron chi connectivity index (χ4n) is 2.76. The summed E-state index contributed by atoms with van der Waals surface area (Å²) < 4.78 is 16.0. The van der Waals surface area contributed by atoms with Gasteiger partial charge in [0.25, 0.3) is 0 Å². The summed E-state index contributed by atoms with van der Waals surface area (Å²) in [6, 6.07) is -0.619. The fourth-order valence-corrected chi connectivity index (χ4v) is 2.76. The average Bonchev–Trinajstić information content (AvgIpc) is 3.02. The maximum Gasteiger partial charge on any atom is 0.410 e. The molecule has 0 saturated carbocycles. The van der Waals surface area contributed by atoms with Gasteiger partial charge in [-0.3, -0.25) is 9.69 Å². The van der Waals surface area contributed by atoms with Crippen LogP contribution in [0.2, 0.25) is 0 Å². The Morgan fingerprint density at radius 1 is 1.18 bits per heavy atom. The summed E-state index contributed by atoms with van der Waals surface area (Å²) in [5, 5.41) is 4.03. The van der Waals surface area contributed by atoms with Crippen molar-refractivity contribution < 1.29 is 23.6 Å². The number of esters is 1. The molecule has 1 aromatic heterocycles. The molecule has 1 atom stereocenters. The molecule has 0 bridgehead atoms. The molecule has 1 aliphatic rings. The van der Waals surface area contributed by atoms with E-state index in [2.05, 4.69) is 10.1 Å². The van der Waals surface area contributed by atoms with E-state index in [1.807, 2.05) is 46.4 Å². The summed E-state index contributed by atoms with van der Waals surface area (Å²) >= 11 is 0. The molecule has 0 aliphatic carbocycles. The van der Waals surface area contributed by atoms with Crippen LogP contribution in [0.5, 0.6) is 0 Å². The maximum absolute atomic E-state index is 12.5. The number of ether oxygens (including phenoxy) is 2. The second-order valence-electron chi connectivity index (χ2n) is 8.93. The highest BCUT2D eigenvalue weighted by Crippen LogP contribution is 2.21. The highest BCUT2D eigenvalue weighted by Gasteiger charge is 2.37. The van der Waals surface area contributed by atoms with Crippen LogP contribution in [0.3, 0.4) is 0 Å². The zero-order chi connectivity index (χ0) is 21.1. The third-order valence-corrected chi connectivity index (χ3v) is 4.18. The molecule has 9 nitrogen and oxygen atoms in total. The van der Waals surface area contributed by atoms with E-state index >= 15 is 0 Å². The number of amides is 1. The minimum absolute atomic E-state index is 0.189. The van der Waals surface area contributed by atoms with Gasteiger partial charge in [0.05, 0.1) is 19.7 Å². The van der Waals surface area contributed by atoms with Gasteiger partial charge >= 0.3 is 12.1 Å². The van der Waals surface area contributed by atoms with Gasteiger partial charge < -0.3 is 18.9 Å². The molecule has 2 heterocycles. The van der Waals surface area contributed by atoms with Crippen molar-refractivity contribution in [2.24, 2.45) is 0 Å². The number of nitrogens with zero attached hydrogens (tertiary/aromatic N) is 4. The van der Waals surface area contributed by atoms with Crippen molar-refractivity contribution >= 4 is 12.1 Å². The summed E-state index contributed by atoms with van der Waals surface area (Å²) in [4.78, 5) is 32.8. The van der Waals surface area contributed by atoms with Crippen LogP contribution in [0, 0.1) is 0 Å². The SMILES string of the molecule is CCOC(=O)C1CN(C(=O)OC(C)(C)C)CCN1Cc1nc(C(C)(C)C)no1. The smallest absolute Gasteiger partial charge is 0.410 e.